The van der Waals surface area contributed by atoms with E-state index in [1.165, 1.54) is 30.4 Å². The zero-order valence-electron chi connectivity index (χ0n) is 19.7. The Morgan fingerprint density at radius 2 is 1.53 bits per heavy atom. The van der Waals surface area contributed by atoms with Crippen molar-refractivity contribution < 1.29 is 9.59 Å². The first-order valence-electron chi connectivity index (χ1n) is 12.3. The first kappa shape index (κ1) is 24.0. The van der Waals surface area contributed by atoms with Crippen molar-refractivity contribution in [3.8, 4) is 0 Å². The summed E-state index contributed by atoms with van der Waals surface area (Å²) in [6.45, 7) is 4.57. The Bertz CT molecular complexity index is 841. The topological polar surface area (TPSA) is 49.4 Å². The fraction of sp³-hybridized carbons (Fsp3) is 0.500. The third-order valence-electron chi connectivity index (χ3n) is 6.66. The molecular formula is C28H38N2O2. The van der Waals surface area contributed by atoms with Gasteiger partial charge in [-0.15, -0.1) is 0 Å². The molecule has 2 aromatic rings. The van der Waals surface area contributed by atoms with Gasteiger partial charge >= 0.3 is 0 Å². The SMILES string of the molecule is CCc1ccc(CCC(=O)N(CCc2ccccc2)[C@@H](C)C(=O)NC2CCCCC2)cc1. The summed E-state index contributed by atoms with van der Waals surface area (Å²) >= 11 is 0. The number of rotatable bonds is 10. The minimum Gasteiger partial charge on any atom is -0.352 e. The summed E-state index contributed by atoms with van der Waals surface area (Å²) < 4.78 is 0. The van der Waals surface area contributed by atoms with Crippen LogP contribution >= 0.6 is 0 Å². The Hall–Kier alpha value is -2.62. The molecule has 0 bridgehead atoms. The number of nitrogens with zero attached hydrogens (tertiary/aromatic N) is 1. The lowest BCUT2D eigenvalue weighted by Gasteiger charge is -2.31. The van der Waals surface area contributed by atoms with E-state index in [0.29, 0.717) is 19.4 Å². The van der Waals surface area contributed by atoms with Crippen LogP contribution in [0.25, 0.3) is 0 Å². The Morgan fingerprint density at radius 3 is 2.19 bits per heavy atom. The van der Waals surface area contributed by atoms with Crippen molar-refractivity contribution in [2.45, 2.75) is 83.7 Å². The highest BCUT2D eigenvalue weighted by Crippen LogP contribution is 2.18. The van der Waals surface area contributed by atoms with E-state index in [-0.39, 0.29) is 17.9 Å². The number of hydrogen-bond donors (Lipinski definition) is 1. The average Bonchev–Trinajstić information content (AvgIpc) is 2.84. The zero-order chi connectivity index (χ0) is 22.8. The van der Waals surface area contributed by atoms with Crippen LogP contribution in [-0.2, 0) is 28.9 Å². The predicted molar refractivity (Wildman–Crippen MR) is 130 cm³/mol. The van der Waals surface area contributed by atoms with Crippen molar-refractivity contribution in [1.29, 1.82) is 0 Å². The molecular weight excluding hydrogens is 396 g/mol. The van der Waals surface area contributed by atoms with E-state index < -0.39 is 6.04 Å². The minimum absolute atomic E-state index is 0.0226. The van der Waals surface area contributed by atoms with Gasteiger partial charge in [0.1, 0.15) is 6.04 Å². The Balaban J connectivity index is 1.63. The van der Waals surface area contributed by atoms with Crippen molar-refractivity contribution in [3.63, 3.8) is 0 Å². The van der Waals surface area contributed by atoms with Crippen LogP contribution in [-0.4, -0.2) is 35.3 Å². The Kier molecular flexibility index (Phi) is 9.33. The highest BCUT2D eigenvalue weighted by atomic mass is 16.2. The maximum atomic E-state index is 13.2. The van der Waals surface area contributed by atoms with Gasteiger partial charge < -0.3 is 10.2 Å². The summed E-state index contributed by atoms with van der Waals surface area (Å²) in [4.78, 5) is 28.0. The summed E-state index contributed by atoms with van der Waals surface area (Å²) in [7, 11) is 0. The predicted octanol–water partition coefficient (Wildman–Crippen LogP) is 5.09. The van der Waals surface area contributed by atoms with Gasteiger partial charge in [0.25, 0.3) is 0 Å². The molecule has 0 saturated heterocycles. The highest BCUT2D eigenvalue weighted by Gasteiger charge is 2.27. The van der Waals surface area contributed by atoms with Crippen LogP contribution in [0.2, 0.25) is 0 Å². The molecule has 1 fully saturated rings. The molecule has 32 heavy (non-hydrogen) atoms. The molecule has 4 nitrogen and oxygen atoms in total. The van der Waals surface area contributed by atoms with Gasteiger partial charge in [0, 0.05) is 19.0 Å². The van der Waals surface area contributed by atoms with E-state index in [2.05, 4.69) is 48.6 Å². The van der Waals surface area contributed by atoms with Gasteiger partial charge in [0.15, 0.2) is 0 Å². The van der Waals surface area contributed by atoms with E-state index >= 15 is 0 Å². The van der Waals surface area contributed by atoms with Crippen LogP contribution in [0.4, 0.5) is 0 Å². The lowest BCUT2D eigenvalue weighted by Crippen LogP contribution is -2.51. The summed E-state index contributed by atoms with van der Waals surface area (Å²) in [6, 6.07) is 18.4. The van der Waals surface area contributed by atoms with Crippen molar-refractivity contribution in [3.05, 3.63) is 71.3 Å². The number of hydrogen-bond acceptors (Lipinski definition) is 2. The van der Waals surface area contributed by atoms with Gasteiger partial charge in [0.05, 0.1) is 0 Å². The number of carbonyl (C=O) groups is 2. The largest absolute Gasteiger partial charge is 0.352 e. The fourth-order valence-corrected chi connectivity index (χ4v) is 4.48. The number of nitrogens with one attached hydrogen (secondary N) is 1. The van der Waals surface area contributed by atoms with Crippen LogP contribution in [0.15, 0.2) is 54.6 Å². The molecule has 1 N–H and O–H groups in total. The van der Waals surface area contributed by atoms with Crippen LogP contribution in [0.1, 0.15) is 69.1 Å². The lowest BCUT2D eigenvalue weighted by atomic mass is 9.95. The summed E-state index contributed by atoms with van der Waals surface area (Å²) in [5, 5.41) is 3.21. The van der Waals surface area contributed by atoms with Crippen molar-refractivity contribution >= 4 is 11.8 Å². The molecule has 2 amide bonds. The minimum atomic E-state index is -0.462. The van der Waals surface area contributed by atoms with E-state index in [1.807, 2.05) is 25.1 Å². The molecule has 2 aromatic carbocycles. The molecule has 1 saturated carbocycles. The van der Waals surface area contributed by atoms with Gasteiger partial charge in [-0.05, 0) is 55.7 Å². The second kappa shape index (κ2) is 12.4. The van der Waals surface area contributed by atoms with Crippen LogP contribution in [0.5, 0.6) is 0 Å². The maximum Gasteiger partial charge on any atom is 0.242 e. The van der Waals surface area contributed by atoms with Crippen LogP contribution in [0, 0.1) is 0 Å². The second-order valence-electron chi connectivity index (χ2n) is 9.01. The standard InChI is InChI=1S/C28H38N2O2/c1-3-23-14-16-25(17-15-23)18-19-27(31)30(21-20-24-10-6-4-7-11-24)22(2)28(32)29-26-12-8-5-9-13-26/h4,6-7,10-11,14-17,22,26H,3,5,8-9,12-13,18-21H2,1-2H3,(H,29,32)/t22-/m0/s1. The first-order chi connectivity index (χ1) is 15.6. The van der Waals surface area contributed by atoms with Crippen molar-refractivity contribution in [1.82, 2.24) is 10.2 Å². The number of aryl methyl sites for hydroxylation is 2. The molecule has 4 heteroatoms. The average molecular weight is 435 g/mol. The first-order valence-corrected chi connectivity index (χ1v) is 12.3. The molecule has 0 radical (unpaired) electrons. The summed E-state index contributed by atoms with van der Waals surface area (Å²) in [5.41, 5.74) is 3.65. The molecule has 0 unspecified atom stereocenters. The quantitative estimate of drug-likeness (QED) is 0.566. The molecule has 1 aliphatic carbocycles. The number of benzene rings is 2. The zero-order valence-corrected chi connectivity index (χ0v) is 19.7. The Labute approximate surface area is 193 Å². The normalized spacial score (nSPS) is 15.2. The van der Waals surface area contributed by atoms with E-state index in [0.717, 1.165) is 31.2 Å². The van der Waals surface area contributed by atoms with E-state index in [1.54, 1.807) is 4.90 Å². The number of amides is 2. The maximum absolute atomic E-state index is 13.2. The second-order valence-corrected chi connectivity index (χ2v) is 9.01. The van der Waals surface area contributed by atoms with Crippen LogP contribution < -0.4 is 5.32 Å². The monoisotopic (exact) mass is 434 g/mol. The van der Waals surface area contributed by atoms with Gasteiger partial charge in [-0.25, -0.2) is 0 Å². The third-order valence-corrected chi connectivity index (χ3v) is 6.66. The molecule has 1 atom stereocenters. The van der Waals surface area contributed by atoms with E-state index in [9.17, 15) is 9.59 Å². The van der Waals surface area contributed by atoms with Gasteiger partial charge in [0.2, 0.25) is 11.8 Å². The molecule has 1 aliphatic rings. The van der Waals surface area contributed by atoms with Gasteiger partial charge in [-0.3, -0.25) is 9.59 Å². The van der Waals surface area contributed by atoms with Gasteiger partial charge in [-0.1, -0.05) is 80.8 Å². The Morgan fingerprint density at radius 1 is 0.906 bits per heavy atom. The summed E-state index contributed by atoms with van der Waals surface area (Å²) in [5.74, 6) is 0.0254. The lowest BCUT2D eigenvalue weighted by molar-refractivity contribution is -0.140. The van der Waals surface area contributed by atoms with Crippen molar-refractivity contribution in [2.24, 2.45) is 0 Å². The summed E-state index contributed by atoms with van der Waals surface area (Å²) in [6.07, 6.45) is 8.57. The molecule has 172 valence electrons. The number of carbonyl (C=O) groups excluding carboxylic acids is 2. The highest BCUT2D eigenvalue weighted by molar-refractivity contribution is 5.87. The molecule has 3 rings (SSSR count). The molecule has 0 aromatic heterocycles. The molecule has 0 heterocycles. The molecule has 0 aliphatic heterocycles. The third kappa shape index (κ3) is 7.22. The smallest absolute Gasteiger partial charge is 0.242 e. The fourth-order valence-electron chi connectivity index (χ4n) is 4.48. The van der Waals surface area contributed by atoms with E-state index in [4.69, 9.17) is 0 Å². The van der Waals surface area contributed by atoms with Crippen LogP contribution in [0.3, 0.4) is 0 Å². The van der Waals surface area contributed by atoms with Crippen molar-refractivity contribution in [2.75, 3.05) is 6.54 Å². The molecule has 0 spiro atoms. The van der Waals surface area contributed by atoms with Gasteiger partial charge in [-0.2, -0.15) is 0 Å².